The summed E-state index contributed by atoms with van der Waals surface area (Å²) in [5.74, 6) is 0.900. The first-order chi connectivity index (χ1) is 19.7. The van der Waals surface area contributed by atoms with Crippen molar-refractivity contribution < 1.29 is 19.1 Å². The Morgan fingerprint density at radius 2 is 1.66 bits per heavy atom. The average Bonchev–Trinajstić information content (AvgIpc) is 3.37. The minimum Gasteiger partial charge on any atom is -0.496 e. The second-order valence-electron chi connectivity index (χ2n) is 10.8. The van der Waals surface area contributed by atoms with E-state index < -0.39 is 11.9 Å². The average molecular weight is 564 g/mol. The Kier molecular flexibility index (Phi) is 11.8. The van der Waals surface area contributed by atoms with Gasteiger partial charge in [0.25, 0.3) is 5.91 Å². The maximum atomic E-state index is 13.6. The lowest BCUT2D eigenvalue weighted by molar-refractivity contribution is -0.123. The molecule has 0 fully saturated rings. The van der Waals surface area contributed by atoms with Crippen molar-refractivity contribution in [2.45, 2.75) is 58.7 Å². The Morgan fingerprint density at radius 3 is 2.22 bits per heavy atom. The fraction of sp³-hybridized carbons (Fsp3) is 0.469. The summed E-state index contributed by atoms with van der Waals surface area (Å²) in [6, 6.07) is 16.7. The summed E-state index contributed by atoms with van der Waals surface area (Å²) < 4.78 is 13.1. The predicted molar refractivity (Wildman–Crippen MR) is 162 cm³/mol. The van der Waals surface area contributed by atoms with Crippen molar-refractivity contribution in [3.8, 4) is 22.8 Å². The Labute approximate surface area is 244 Å². The molecule has 1 heterocycles. The monoisotopic (exact) mass is 563 g/mol. The number of ether oxygens (including phenoxy) is 2. The van der Waals surface area contributed by atoms with Crippen molar-refractivity contribution in [3.05, 3.63) is 65.9 Å². The van der Waals surface area contributed by atoms with Gasteiger partial charge >= 0.3 is 0 Å². The SMILES string of the molecule is CCC(CNC(=O)[C@H](CCc1ccccc1)NC(=O)c1cc(-c2c(OC)cccc2OC)n(CC(C)C)n1)N(C)C. The number of aryl methyl sites for hydroxylation is 1. The molecule has 2 N–H and O–H groups in total. The molecule has 9 heteroatoms. The van der Waals surface area contributed by atoms with Crippen LogP contribution in [0.15, 0.2) is 54.6 Å². The van der Waals surface area contributed by atoms with E-state index in [-0.39, 0.29) is 23.6 Å². The molecule has 0 radical (unpaired) electrons. The van der Waals surface area contributed by atoms with E-state index >= 15 is 0 Å². The number of benzene rings is 2. The first kappa shape index (κ1) is 31.7. The standard InChI is InChI=1S/C32H45N5O4/c1-8-24(36(4)5)20-33-31(38)25(18-17-23-13-10-9-11-14-23)34-32(39)26-19-27(37(35-26)21-22(2)3)30-28(40-6)15-12-16-29(30)41-7/h9-16,19,22,24-25H,8,17-18,20-21H2,1-7H3,(H,33,38)(H,34,39)/t24?,25-/m0/s1. The summed E-state index contributed by atoms with van der Waals surface area (Å²) in [5, 5.41) is 10.7. The lowest BCUT2D eigenvalue weighted by atomic mass is 10.0. The van der Waals surface area contributed by atoms with Gasteiger partial charge in [0.2, 0.25) is 5.91 Å². The number of likely N-dealkylation sites (N-methyl/N-ethyl adjacent to an activating group) is 1. The third kappa shape index (κ3) is 8.57. The minimum absolute atomic E-state index is 0.203. The number of nitrogens with zero attached hydrogens (tertiary/aromatic N) is 3. The number of amides is 2. The van der Waals surface area contributed by atoms with Gasteiger partial charge in [-0.3, -0.25) is 14.3 Å². The molecule has 0 spiro atoms. The van der Waals surface area contributed by atoms with Crippen molar-refractivity contribution >= 4 is 11.8 Å². The van der Waals surface area contributed by atoms with E-state index in [0.717, 1.165) is 17.5 Å². The van der Waals surface area contributed by atoms with E-state index in [1.165, 1.54) is 0 Å². The normalized spacial score (nSPS) is 12.7. The molecule has 2 atom stereocenters. The summed E-state index contributed by atoms with van der Waals surface area (Å²) in [6.07, 6.45) is 2.01. The first-order valence-corrected chi connectivity index (χ1v) is 14.3. The van der Waals surface area contributed by atoms with Crippen molar-refractivity contribution in [2.24, 2.45) is 5.92 Å². The molecule has 0 bridgehead atoms. The Balaban J connectivity index is 1.91. The number of carbonyl (C=O) groups is 2. The first-order valence-electron chi connectivity index (χ1n) is 14.3. The molecule has 2 amide bonds. The molecular weight excluding hydrogens is 518 g/mol. The molecule has 0 aliphatic heterocycles. The zero-order valence-corrected chi connectivity index (χ0v) is 25.4. The van der Waals surface area contributed by atoms with Gasteiger partial charge in [-0.25, -0.2) is 0 Å². The van der Waals surface area contributed by atoms with Crippen molar-refractivity contribution in [1.29, 1.82) is 0 Å². The maximum absolute atomic E-state index is 13.6. The van der Waals surface area contributed by atoms with Crippen LogP contribution in [0.3, 0.4) is 0 Å². The van der Waals surface area contributed by atoms with Gasteiger partial charge in [0.15, 0.2) is 5.69 Å². The minimum atomic E-state index is -0.720. The van der Waals surface area contributed by atoms with Gasteiger partial charge in [0.1, 0.15) is 17.5 Å². The van der Waals surface area contributed by atoms with E-state index in [1.807, 2.05) is 67.3 Å². The summed E-state index contributed by atoms with van der Waals surface area (Å²) in [6.45, 7) is 7.36. The molecule has 222 valence electrons. The van der Waals surface area contributed by atoms with Crippen LogP contribution in [0.2, 0.25) is 0 Å². The van der Waals surface area contributed by atoms with Crippen LogP contribution < -0.4 is 20.1 Å². The second-order valence-corrected chi connectivity index (χ2v) is 10.8. The molecule has 0 saturated heterocycles. The number of aromatic nitrogens is 2. The molecule has 1 aromatic heterocycles. The van der Waals surface area contributed by atoms with Crippen LogP contribution >= 0.6 is 0 Å². The summed E-state index contributed by atoms with van der Waals surface area (Å²) in [5.41, 5.74) is 2.76. The van der Waals surface area contributed by atoms with Crippen LogP contribution in [0.1, 0.15) is 49.7 Å². The van der Waals surface area contributed by atoms with Gasteiger partial charge in [0.05, 0.1) is 25.5 Å². The molecule has 3 rings (SSSR count). The number of nitrogens with one attached hydrogen (secondary N) is 2. The highest BCUT2D eigenvalue weighted by Crippen LogP contribution is 2.38. The summed E-state index contributed by atoms with van der Waals surface area (Å²) >= 11 is 0. The largest absolute Gasteiger partial charge is 0.496 e. The third-order valence-corrected chi connectivity index (χ3v) is 7.13. The number of hydrogen-bond acceptors (Lipinski definition) is 6. The highest BCUT2D eigenvalue weighted by atomic mass is 16.5. The van der Waals surface area contributed by atoms with Gasteiger partial charge in [-0.1, -0.05) is 57.2 Å². The van der Waals surface area contributed by atoms with Crippen LogP contribution in [0.4, 0.5) is 0 Å². The number of hydrogen-bond donors (Lipinski definition) is 2. The van der Waals surface area contributed by atoms with Crippen LogP contribution in [-0.4, -0.2) is 73.4 Å². The van der Waals surface area contributed by atoms with E-state index in [4.69, 9.17) is 9.47 Å². The molecule has 3 aromatic rings. The Hall–Kier alpha value is -3.85. The number of rotatable bonds is 15. The molecule has 41 heavy (non-hydrogen) atoms. The zero-order chi connectivity index (χ0) is 29.9. The Bertz CT molecular complexity index is 1250. The van der Waals surface area contributed by atoms with Crippen molar-refractivity contribution in [1.82, 2.24) is 25.3 Å². The van der Waals surface area contributed by atoms with Crippen LogP contribution in [0, 0.1) is 5.92 Å². The molecule has 0 saturated carbocycles. The summed E-state index contributed by atoms with van der Waals surface area (Å²) in [4.78, 5) is 29.1. The lowest BCUT2D eigenvalue weighted by Crippen LogP contribution is -2.50. The van der Waals surface area contributed by atoms with Crippen LogP contribution in [-0.2, 0) is 17.8 Å². The van der Waals surface area contributed by atoms with Gasteiger partial charge in [-0.05, 0) is 63.0 Å². The Morgan fingerprint density at radius 1 is 1.00 bits per heavy atom. The fourth-order valence-corrected chi connectivity index (χ4v) is 4.81. The highest BCUT2D eigenvalue weighted by molar-refractivity contribution is 5.97. The molecule has 0 aliphatic rings. The number of carbonyl (C=O) groups excluding carboxylic acids is 2. The van der Waals surface area contributed by atoms with Crippen molar-refractivity contribution in [2.75, 3.05) is 34.9 Å². The van der Waals surface area contributed by atoms with Crippen LogP contribution in [0.25, 0.3) is 11.3 Å². The smallest absolute Gasteiger partial charge is 0.272 e. The van der Waals surface area contributed by atoms with E-state index in [9.17, 15) is 9.59 Å². The van der Waals surface area contributed by atoms with Crippen LogP contribution in [0.5, 0.6) is 11.5 Å². The molecular formula is C32H45N5O4. The van der Waals surface area contributed by atoms with Gasteiger partial charge in [0, 0.05) is 19.1 Å². The second kappa shape index (κ2) is 15.2. The molecule has 1 unspecified atom stereocenters. The third-order valence-electron chi connectivity index (χ3n) is 7.13. The van der Waals surface area contributed by atoms with Gasteiger partial charge in [-0.2, -0.15) is 5.10 Å². The molecule has 2 aromatic carbocycles. The van der Waals surface area contributed by atoms with E-state index in [0.29, 0.717) is 43.1 Å². The fourth-order valence-electron chi connectivity index (χ4n) is 4.81. The van der Waals surface area contributed by atoms with E-state index in [2.05, 4.69) is 41.4 Å². The number of methoxy groups -OCH3 is 2. The quantitative estimate of drug-likeness (QED) is 0.284. The zero-order valence-electron chi connectivity index (χ0n) is 25.4. The maximum Gasteiger partial charge on any atom is 0.272 e. The van der Waals surface area contributed by atoms with Crippen molar-refractivity contribution in [3.63, 3.8) is 0 Å². The van der Waals surface area contributed by atoms with Gasteiger partial charge in [-0.15, -0.1) is 0 Å². The topological polar surface area (TPSA) is 97.7 Å². The highest BCUT2D eigenvalue weighted by Gasteiger charge is 2.26. The van der Waals surface area contributed by atoms with E-state index in [1.54, 1.807) is 20.3 Å². The predicted octanol–water partition coefficient (Wildman–Crippen LogP) is 4.41. The summed E-state index contributed by atoms with van der Waals surface area (Å²) in [7, 11) is 7.20. The molecule has 9 nitrogen and oxygen atoms in total. The van der Waals surface area contributed by atoms with Gasteiger partial charge < -0.3 is 25.0 Å². The molecule has 0 aliphatic carbocycles. The lowest BCUT2D eigenvalue weighted by Gasteiger charge is -2.25.